The number of likely N-dealkylation sites (N-methyl/N-ethyl adjacent to an activating group) is 1. The van der Waals surface area contributed by atoms with Crippen molar-refractivity contribution in [3.63, 3.8) is 0 Å². The highest BCUT2D eigenvalue weighted by Crippen LogP contribution is 2.21. The number of nitrogens with zero attached hydrogens (tertiary/aromatic N) is 3. The summed E-state index contributed by atoms with van der Waals surface area (Å²) in [6.07, 6.45) is 0.695. The van der Waals surface area contributed by atoms with Crippen LogP contribution in [0.2, 0.25) is 0 Å². The van der Waals surface area contributed by atoms with E-state index in [4.69, 9.17) is 9.26 Å². The van der Waals surface area contributed by atoms with Crippen LogP contribution in [0.3, 0.4) is 0 Å². The Hall–Kier alpha value is -3.19. The number of aryl methyl sites for hydroxylation is 1. The lowest BCUT2D eigenvalue weighted by Crippen LogP contribution is -2.38. The second-order valence-corrected chi connectivity index (χ2v) is 7.19. The summed E-state index contributed by atoms with van der Waals surface area (Å²) < 4.78 is 10.5. The fraction of sp³-hybridized carbons (Fsp3) is 0.375. The van der Waals surface area contributed by atoms with Crippen LogP contribution in [0.25, 0.3) is 11.4 Å². The van der Waals surface area contributed by atoms with Gasteiger partial charge in [-0.2, -0.15) is 4.98 Å². The lowest BCUT2D eigenvalue weighted by molar-refractivity contribution is -0.121. The summed E-state index contributed by atoms with van der Waals surface area (Å²) in [6, 6.07) is 17.9. The Balaban J connectivity index is 1.54. The Morgan fingerprint density at radius 2 is 1.81 bits per heavy atom. The molecule has 164 valence electrons. The van der Waals surface area contributed by atoms with E-state index >= 15 is 0 Å². The number of carbonyl (C=O) groups excluding carboxylic acids is 1. The molecule has 0 aliphatic heterocycles. The van der Waals surface area contributed by atoms with Gasteiger partial charge in [0.1, 0.15) is 5.75 Å². The van der Waals surface area contributed by atoms with Gasteiger partial charge in [0.15, 0.2) is 0 Å². The maximum atomic E-state index is 12.5. The topological polar surface area (TPSA) is 80.5 Å². The molecule has 0 saturated heterocycles. The Morgan fingerprint density at radius 3 is 2.45 bits per heavy atom. The molecule has 0 spiro atoms. The molecule has 0 radical (unpaired) electrons. The summed E-state index contributed by atoms with van der Waals surface area (Å²) in [5, 5.41) is 7.08. The van der Waals surface area contributed by atoms with Gasteiger partial charge in [0.05, 0.1) is 13.2 Å². The van der Waals surface area contributed by atoms with Gasteiger partial charge in [0.25, 0.3) is 0 Å². The van der Waals surface area contributed by atoms with E-state index in [2.05, 4.69) is 46.3 Å². The minimum atomic E-state index is -0.0303. The van der Waals surface area contributed by atoms with Gasteiger partial charge in [-0.25, -0.2) is 0 Å². The fourth-order valence-electron chi connectivity index (χ4n) is 3.53. The number of hydrogen-bond donors (Lipinski definition) is 1. The van der Waals surface area contributed by atoms with Crippen LogP contribution < -0.4 is 10.1 Å². The average Bonchev–Trinajstić information content (AvgIpc) is 3.30. The Morgan fingerprint density at radius 1 is 1.10 bits per heavy atom. The number of hydrogen-bond acceptors (Lipinski definition) is 6. The van der Waals surface area contributed by atoms with E-state index in [1.54, 1.807) is 7.11 Å². The van der Waals surface area contributed by atoms with Crippen molar-refractivity contribution < 1.29 is 14.1 Å². The summed E-state index contributed by atoms with van der Waals surface area (Å²) in [5.74, 6) is 1.69. The molecule has 1 unspecified atom stereocenters. The highest BCUT2D eigenvalue weighted by Gasteiger charge is 2.19. The summed E-state index contributed by atoms with van der Waals surface area (Å²) in [7, 11) is 1.62. The molecule has 7 nitrogen and oxygen atoms in total. The third-order valence-corrected chi connectivity index (χ3v) is 5.31. The summed E-state index contributed by atoms with van der Waals surface area (Å²) in [4.78, 5) is 19.2. The van der Waals surface area contributed by atoms with E-state index < -0.39 is 0 Å². The summed E-state index contributed by atoms with van der Waals surface area (Å²) >= 11 is 0. The van der Waals surface area contributed by atoms with Gasteiger partial charge in [-0.05, 0) is 42.9 Å². The number of methoxy groups -OCH3 is 1. The smallest absolute Gasteiger partial charge is 0.227 e. The van der Waals surface area contributed by atoms with Gasteiger partial charge >= 0.3 is 0 Å². The first-order chi connectivity index (χ1) is 15.1. The predicted octanol–water partition coefficient (Wildman–Crippen LogP) is 3.88. The maximum Gasteiger partial charge on any atom is 0.227 e. The van der Waals surface area contributed by atoms with Crippen LogP contribution in [0, 0.1) is 0 Å². The van der Waals surface area contributed by atoms with Crippen LogP contribution in [0.15, 0.2) is 59.1 Å². The lowest BCUT2D eigenvalue weighted by Gasteiger charge is -2.30. The first-order valence-corrected chi connectivity index (χ1v) is 10.7. The van der Waals surface area contributed by atoms with E-state index in [0.29, 0.717) is 31.1 Å². The fourth-order valence-corrected chi connectivity index (χ4v) is 3.53. The first kappa shape index (κ1) is 22.5. The quantitative estimate of drug-likeness (QED) is 0.505. The normalized spacial score (nSPS) is 12.0. The van der Waals surface area contributed by atoms with Gasteiger partial charge < -0.3 is 14.6 Å². The molecule has 3 rings (SSSR count). The lowest BCUT2D eigenvalue weighted by atomic mass is 10.0. The minimum absolute atomic E-state index is 0.0303. The maximum absolute atomic E-state index is 12.5. The summed E-state index contributed by atoms with van der Waals surface area (Å²) in [6.45, 7) is 6.67. The molecule has 3 aromatic rings. The van der Waals surface area contributed by atoms with E-state index in [1.165, 1.54) is 5.56 Å². The number of ether oxygens (including phenoxy) is 1. The molecule has 1 aromatic heterocycles. The SMILES string of the molecule is CCN(CC)C(CNC(=O)CCc1nc(-c2ccc(OC)cc2)no1)c1ccccc1. The van der Waals surface area contributed by atoms with Gasteiger partial charge in [-0.15, -0.1) is 0 Å². The molecular weight excluding hydrogens is 392 g/mol. The summed E-state index contributed by atoms with van der Waals surface area (Å²) in [5.41, 5.74) is 2.04. The highest BCUT2D eigenvalue weighted by atomic mass is 16.5. The zero-order chi connectivity index (χ0) is 22.1. The molecule has 0 fully saturated rings. The Bertz CT molecular complexity index is 937. The van der Waals surface area contributed by atoms with Crippen LogP contribution >= 0.6 is 0 Å². The molecule has 1 heterocycles. The molecular formula is C24H30N4O3. The molecule has 1 atom stereocenters. The number of amides is 1. The van der Waals surface area contributed by atoms with Gasteiger partial charge in [0.2, 0.25) is 17.6 Å². The molecule has 0 aliphatic carbocycles. The third-order valence-electron chi connectivity index (χ3n) is 5.31. The van der Waals surface area contributed by atoms with Crippen LogP contribution in [-0.2, 0) is 11.2 Å². The molecule has 31 heavy (non-hydrogen) atoms. The second-order valence-electron chi connectivity index (χ2n) is 7.19. The monoisotopic (exact) mass is 422 g/mol. The van der Waals surface area contributed by atoms with Crippen molar-refractivity contribution in [3.05, 3.63) is 66.1 Å². The first-order valence-electron chi connectivity index (χ1n) is 10.7. The predicted molar refractivity (Wildman–Crippen MR) is 120 cm³/mol. The largest absolute Gasteiger partial charge is 0.497 e. The molecule has 0 aliphatic rings. The molecule has 0 saturated carbocycles. The number of aromatic nitrogens is 2. The standard InChI is InChI=1S/C24H30N4O3/c1-4-28(5-2)21(18-9-7-6-8-10-18)17-25-22(29)15-16-23-26-24(27-31-23)19-11-13-20(30-3)14-12-19/h6-14,21H,4-5,15-17H2,1-3H3,(H,25,29). The van der Waals surface area contributed by atoms with Crippen molar-refractivity contribution >= 4 is 5.91 Å². The van der Waals surface area contributed by atoms with Crippen molar-refractivity contribution in [2.45, 2.75) is 32.7 Å². The minimum Gasteiger partial charge on any atom is -0.497 e. The molecule has 7 heteroatoms. The Labute approximate surface area is 183 Å². The van der Waals surface area contributed by atoms with Crippen molar-refractivity contribution in [1.29, 1.82) is 0 Å². The van der Waals surface area contributed by atoms with Gasteiger partial charge in [0, 0.05) is 24.9 Å². The molecule has 2 aromatic carbocycles. The van der Waals surface area contributed by atoms with Crippen molar-refractivity contribution in [3.8, 4) is 17.1 Å². The average molecular weight is 423 g/mol. The zero-order valence-electron chi connectivity index (χ0n) is 18.4. The molecule has 1 N–H and O–H groups in total. The van der Waals surface area contributed by atoms with Crippen LogP contribution in [-0.4, -0.2) is 47.7 Å². The van der Waals surface area contributed by atoms with Crippen LogP contribution in [0.1, 0.15) is 37.8 Å². The van der Waals surface area contributed by atoms with Crippen molar-refractivity contribution in [1.82, 2.24) is 20.4 Å². The van der Waals surface area contributed by atoms with E-state index in [1.807, 2.05) is 42.5 Å². The number of nitrogens with one attached hydrogen (secondary N) is 1. The second kappa shape index (κ2) is 11.3. The highest BCUT2D eigenvalue weighted by molar-refractivity contribution is 5.76. The number of rotatable bonds is 11. The van der Waals surface area contributed by atoms with E-state index in [-0.39, 0.29) is 11.9 Å². The van der Waals surface area contributed by atoms with Crippen molar-refractivity contribution in [2.24, 2.45) is 0 Å². The molecule has 0 bridgehead atoms. The van der Waals surface area contributed by atoms with E-state index in [9.17, 15) is 4.79 Å². The number of carbonyl (C=O) groups is 1. The molecule has 1 amide bonds. The van der Waals surface area contributed by atoms with Gasteiger partial charge in [-0.3, -0.25) is 9.69 Å². The third kappa shape index (κ3) is 6.15. The van der Waals surface area contributed by atoms with Crippen LogP contribution in [0.5, 0.6) is 5.75 Å². The number of benzene rings is 2. The zero-order valence-corrected chi connectivity index (χ0v) is 18.4. The van der Waals surface area contributed by atoms with Crippen LogP contribution in [0.4, 0.5) is 0 Å². The van der Waals surface area contributed by atoms with E-state index in [0.717, 1.165) is 24.4 Å². The Kier molecular flexibility index (Phi) is 8.18. The van der Waals surface area contributed by atoms with Gasteiger partial charge in [-0.1, -0.05) is 49.3 Å². The van der Waals surface area contributed by atoms with Crippen molar-refractivity contribution in [2.75, 3.05) is 26.7 Å².